The molecule has 0 saturated carbocycles. The number of hydrogen-bond acceptors (Lipinski definition) is 4. The predicted octanol–water partition coefficient (Wildman–Crippen LogP) is -0.934. The SMILES string of the molecule is CC(=O)NCCCC(N)(C(=O)NCC(=O)O)C(F)F. The first-order valence-electron chi connectivity index (χ1n) is 5.51. The van der Waals surface area contributed by atoms with Crippen molar-refractivity contribution in [1.29, 1.82) is 0 Å². The third kappa shape index (κ3) is 6.09. The van der Waals surface area contributed by atoms with E-state index < -0.39 is 30.4 Å². The molecule has 0 aromatic heterocycles. The first-order valence-corrected chi connectivity index (χ1v) is 5.51. The molecule has 1 unspecified atom stereocenters. The second-order valence-corrected chi connectivity index (χ2v) is 4.00. The first-order chi connectivity index (χ1) is 8.70. The van der Waals surface area contributed by atoms with Gasteiger partial charge >= 0.3 is 5.97 Å². The minimum absolute atomic E-state index is 0.0703. The van der Waals surface area contributed by atoms with Crippen LogP contribution in [-0.2, 0) is 14.4 Å². The van der Waals surface area contributed by atoms with Crippen LogP contribution in [-0.4, -0.2) is 47.9 Å². The number of hydrogen-bond donors (Lipinski definition) is 4. The number of amides is 2. The summed E-state index contributed by atoms with van der Waals surface area (Å²) in [4.78, 5) is 32.3. The lowest BCUT2D eigenvalue weighted by Gasteiger charge is -2.27. The largest absolute Gasteiger partial charge is 0.480 e. The molecule has 0 aliphatic carbocycles. The summed E-state index contributed by atoms with van der Waals surface area (Å²) in [5, 5.41) is 12.6. The van der Waals surface area contributed by atoms with Gasteiger partial charge in [-0.3, -0.25) is 14.4 Å². The van der Waals surface area contributed by atoms with Crippen molar-refractivity contribution in [2.24, 2.45) is 5.73 Å². The molecule has 0 radical (unpaired) electrons. The number of alkyl halides is 2. The van der Waals surface area contributed by atoms with Gasteiger partial charge < -0.3 is 21.5 Å². The van der Waals surface area contributed by atoms with Gasteiger partial charge in [-0.1, -0.05) is 0 Å². The number of carbonyl (C=O) groups is 3. The van der Waals surface area contributed by atoms with Crippen molar-refractivity contribution in [3.8, 4) is 0 Å². The summed E-state index contributed by atoms with van der Waals surface area (Å²) >= 11 is 0. The van der Waals surface area contributed by atoms with E-state index in [9.17, 15) is 23.2 Å². The van der Waals surface area contributed by atoms with Crippen LogP contribution < -0.4 is 16.4 Å². The van der Waals surface area contributed by atoms with E-state index in [1.54, 1.807) is 0 Å². The molecule has 5 N–H and O–H groups in total. The summed E-state index contributed by atoms with van der Waals surface area (Å²) in [7, 11) is 0. The molecule has 0 saturated heterocycles. The molecule has 0 spiro atoms. The van der Waals surface area contributed by atoms with E-state index in [1.807, 2.05) is 5.32 Å². The highest BCUT2D eigenvalue weighted by atomic mass is 19.3. The second kappa shape index (κ2) is 7.62. The van der Waals surface area contributed by atoms with Crippen LogP contribution in [0.4, 0.5) is 8.78 Å². The van der Waals surface area contributed by atoms with E-state index in [0.717, 1.165) is 0 Å². The summed E-state index contributed by atoms with van der Waals surface area (Å²) in [6.07, 6.45) is -3.45. The smallest absolute Gasteiger partial charge is 0.322 e. The summed E-state index contributed by atoms with van der Waals surface area (Å²) in [5.41, 5.74) is 2.86. The van der Waals surface area contributed by atoms with Gasteiger partial charge in [0.05, 0.1) is 0 Å². The third-order valence-corrected chi connectivity index (χ3v) is 2.35. The quantitative estimate of drug-likeness (QED) is 0.428. The van der Waals surface area contributed by atoms with Crippen LogP contribution >= 0.6 is 0 Å². The van der Waals surface area contributed by atoms with Gasteiger partial charge in [-0.15, -0.1) is 0 Å². The Hall–Kier alpha value is -1.77. The molecule has 0 aliphatic heterocycles. The number of halogens is 2. The fraction of sp³-hybridized carbons (Fsp3) is 0.700. The van der Waals surface area contributed by atoms with Gasteiger partial charge in [-0.05, 0) is 12.8 Å². The second-order valence-electron chi connectivity index (χ2n) is 4.00. The van der Waals surface area contributed by atoms with Crippen LogP contribution in [0.1, 0.15) is 19.8 Å². The first kappa shape index (κ1) is 17.2. The zero-order valence-electron chi connectivity index (χ0n) is 10.4. The number of aliphatic carboxylic acids is 1. The van der Waals surface area contributed by atoms with Crippen LogP contribution in [0.3, 0.4) is 0 Å². The molecule has 0 bridgehead atoms. The standard InChI is InChI=1S/C10H17F2N3O4/c1-6(16)14-4-2-3-10(13,8(11)12)9(19)15-5-7(17)18/h8H,2-5,13H2,1H3,(H,14,16)(H,15,19)(H,17,18). The number of nitrogens with two attached hydrogens (primary N) is 1. The van der Waals surface area contributed by atoms with E-state index in [4.69, 9.17) is 10.8 Å². The van der Waals surface area contributed by atoms with Crippen molar-refractivity contribution in [3.63, 3.8) is 0 Å². The highest BCUT2D eigenvalue weighted by Gasteiger charge is 2.42. The van der Waals surface area contributed by atoms with Crippen molar-refractivity contribution in [1.82, 2.24) is 10.6 Å². The van der Waals surface area contributed by atoms with Crippen molar-refractivity contribution >= 4 is 17.8 Å². The third-order valence-electron chi connectivity index (χ3n) is 2.35. The Labute approximate surface area is 108 Å². The van der Waals surface area contributed by atoms with E-state index >= 15 is 0 Å². The van der Waals surface area contributed by atoms with E-state index in [0.29, 0.717) is 0 Å². The van der Waals surface area contributed by atoms with Gasteiger partial charge in [0.15, 0.2) is 5.54 Å². The number of carboxylic acids is 1. The molecule has 7 nitrogen and oxygen atoms in total. The monoisotopic (exact) mass is 281 g/mol. The van der Waals surface area contributed by atoms with Crippen LogP contribution in [0.15, 0.2) is 0 Å². The Bertz CT molecular complexity index is 352. The molecule has 9 heteroatoms. The number of nitrogens with one attached hydrogen (secondary N) is 2. The maximum Gasteiger partial charge on any atom is 0.322 e. The van der Waals surface area contributed by atoms with Gasteiger partial charge in [0, 0.05) is 13.5 Å². The lowest BCUT2D eigenvalue weighted by molar-refractivity contribution is -0.140. The average Bonchev–Trinajstić information content (AvgIpc) is 2.30. The number of carboxylic acid groups (broad SMARTS) is 1. The van der Waals surface area contributed by atoms with Crippen molar-refractivity contribution in [2.75, 3.05) is 13.1 Å². The molecule has 0 heterocycles. The molecule has 0 rings (SSSR count). The highest BCUT2D eigenvalue weighted by molar-refractivity contribution is 5.89. The van der Waals surface area contributed by atoms with Crippen LogP contribution in [0.25, 0.3) is 0 Å². The Balaban J connectivity index is 4.44. The molecule has 110 valence electrons. The van der Waals surface area contributed by atoms with Crippen molar-refractivity contribution < 1.29 is 28.3 Å². The van der Waals surface area contributed by atoms with Gasteiger partial charge in [0.25, 0.3) is 6.43 Å². The minimum Gasteiger partial charge on any atom is -0.480 e. The van der Waals surface area contributed by atoms with Crippen LogP contribution in [0.5, 0.6) is 0 Å². The lowest BCUT2D eigenvalue weighted by Crippen LogP contribution is -2.59. The van der Waals surface area contributed by atoms with Gasteiger partial charge in [-0.2, -0.15) is 0 Å². The van der Waals surface area contributed by atoms with Crippen molar-refractivity contribution in [2.45, 2.75) is 31.7 Å². The van der Waals surface area contributed by atoms with Crippen LogP contribution in [0, 0.1) is 0 Å². The van der Waals surface area contributed by atoms with Gasteiger partial charge in [0.1, 0.15) is 6.54 Å². The molecule has 0 aliphatic rings. The van der Waals surface area contributed by atoms with E-state index in [2.05, 4.69) is 5.32 Å². The Kier molecular flexibility index (Phi) is 6.91. The average molecular weight is 281 g/mol. The molecule has 0 aromatic rings. The fourth-order valence-corrected chi connectivity index (χ4v) is 1.29. The Morgan fingerprint density at radius 1 is 1.32 bits per heavy atom. The fourth-order valence-electron chi connectivity index (χ4n) is 1.29. The van der Waals surface area contributed by atoms with Gasteiger partial charge in [-0.25, -0.2) is 8.78 Å². The Morgan fingerprint density at radius 2 is 1.89 bits per heavy atom. The summed E-state index contributed by atoms with van der Waals surface area (Å²) in [6.45, 7) is 0.589. The topological polar surface area (TPSA) is 122 Å². The zero-order valence-corrected chi connectivity index (χ0v) is 10.4. The number of rotatable bonds is 8. The Morgan fingerprint density at radius 3 is 2.32 bits per heavy atom. The summed E-state index contributed by atoms with van der Waals surface area (Å²) in [6, 6.07) is 0. The molecule has 0 aromatic carbocycles. The lowest BCUT2D eigenvalue weighted by atomic mass is 9.94. The molecule has 19 heavy (non-hydrogen) atoms. The molecular weight excluding hydrogens is 264 g/mol. The summed E-state index contributed by atoms with van der Waals surface area (Å²) in [5.74, 6) is -2.91. The van der Waals surface area contributed by atoms with Crippen LogP contribution in [0.2, 0.25) is 0 Å². The maximum absolute atomic E-state index is 12.8. The molecular formula is C10H17F2N3O4. The highest BCUT2D eigenvalue weighted by Crippen LogP contribution is 2.19. The normalized spacial score (nSPS) is 13.7. The van der Waals surface area contributed by atoms with E-state index in [-0.39, 0.29) is 25.3 Å². The molecule has 1 atom stereocenters. The zero-order chi connectivity index (χ0) is 15.1. The van der Waals surface area contributed by atoms with Gasteiger partial charge in [0.2, 0.25) is 11.8 Å². The summed E-state index contributed by atoms with van der Waals surface area (Å²) < 4.78 is 25.6. The number of carbonyl (C=O) groups excluding carboxylic acids is 2. The van der Waals surface area contributed by atoms with Crippen molar-refractivity contribution in [3.05, 3.63) is 0 Å². The van der Waals surface area contributed by atoms with E-state index in [1.165, 1.54) is 6.92 Å². The minimum atomic E-state index is -3.14. The predicted molar refractivity (Wildman–Crippen MR) is 61.5 cm³/mol. The molecule has 2 amide bonds. The maximum atomic E-state index is 12.8. The molecule has 0 fully saturated rings.